The number of amides is 1. The topological polar surface area (TPSA) is 77.0 Å². The van der Waals surface area contributed by atoms with Crippen LogP contribution < -0.4 is 10.1 Å². The van der Waals surface area contributed by atoms with Crippen molar-refractivity contribution in [2.45, 2.75) is 6.92 Å². The molecule has 1 aliphatic heterocycles. The number of ether oxygens (including phenoxy) is 2. The lowest BCUT2D eigenvalue weighted by Crippen LogP contribution is -2.19. The Kier molecular flexibility index (Phi) is 5.61. The lowest BCUT2D eigenvalue weighted by atomic mass is 10.1. The molecule has 1 amide bonds. The summed E-state index contributed by atoms with van der Waals surface area (Å²) in [4.78, 5) is 29.3. The maximum atomic E-state index is 12.4. The van der Waals surface area contributed by atoms with Gasteiger partial charge in [0.25, 0.3) is 5.91 Å². The van der Waals surface area contributed by atoms with Gasteiger partial charge in [0.1, 0.15) is 5.75 Å². The first kappa shape index (κ1) is 18.7. The summed E-state index contributed by atoms with van der Waals surface area (Å²) in [6, 6.07) is 14.3. The fraction of sp³-hybridized carbons (Fsp3) is 0.150. The van der Waals surface area contributed by atoms with Gasteiger partial charge >= 0.3 is 5.97 Å². The lowest BCUT2D eigenvalue weighted by Gasteiger charge is -2.05. The number of carbonyl (C=O) groups is 2. The molecule has 138 valence electrons. The first-order valence-corrected chi connectivity index (χ1v) is 8.95. The molecule has 27 heavy (non-hydrogen) atoms. The summed E-state index contributed by atoms with van der Waals surface area (Å²) in [6.45, 7) is 1.88. The summed E-state index contributed by atoms with van der Waals surface area (Å²) in [5.74, 6) is 0.0545. The largest absolute Gasteiger partial charge is 0.497 e. The van der Waals surface area contributed by atoms with Crippen molar-refractivity contribution in [2.75, 3.05) is 14.2 Å². The number of allylic oxidation sites excluding steroid dienone is 1. The minimum atomic E-state index is -0.477. The van der Waals surface area contributed by atoms with Gasteiger partial charge in [0.15, 0.2) is 5.17 Å². The van der Waals surface area contributed by atoms with Crippen LogP contribution in [-0.4, -0.2) is 31.3 Å². The molecular formula is C20H18N2O4S. The zero-order valence-corrected chi connectivity index (χ0v) is 15.9. The van der Waals surface area contributed by atoms with Gasteiger partial charge in [-0.1, -0.05) is 24.3 Å². The van der Waals surface area contributed by atoms with Gasteiger partial charge in [0.2, 0.25) is 0 Å². The Balaban J connectivity index is 1.91. The van der Waals surface area contributed by atoms with Crippen LogP contribution in [0.3, 0.4) is 0 Å². The van der Waals surface area contributed by atoms with Crippen LogP contribution in [-0.2, 0) is 9.53 Å². The van der Waals surface area contributed by atoms with Crippen molar-refractivity contribution < 1.29 is 19.1 Å². The van der Waals surface area contributed by atoms with Gasteiger partial charge in [0.05, 0.1) is 30.4 Å². The molecule has 6 nitrogen and oxygen atoms in total. The molecule has 1 N–H and O–H groups in total. The van der Waals surface area contributed by atoms with Crippen LogP contribution in [0.25, 0.3) is 5.57 Å². The smallest absolute Gasteiger partial charge is 0.340 e. The van der Waals surface area contributed by atoms with Crippen molar-refractivity contribution >= 4 is 40.1 Å². The average Bonchev–Trinajstić information content (AvgIpc) is 3.07. The van der Waals surface area contributed by atoms with E-state index in [0.29, 0.717) is 21.3 Å². The summed E-state index contributed by atoms with van der Waals surface area (Å²) in [5, 5.41) is 3.17. The van der Waals surface area contributed by atoms with Crippen LogP contribution >= 0.6 is 11.8 Å². The molecule has 2 aromatic rings. The predicted octanol–water partition coefficient (Wildman–Crippen LogP) is 3.76. The van der Waals surface area contributed by atoms with E-state index in [1.165, 1.54) is 18.9 Å². The molecule has 0 spiro atoms. The predicted molar refractivity (Wildman–Crippen MR) is 106 cm³/mol. The molecule has 1 aliphatic rings. The second kappa shape index (κ2) is 8.09. The highest BCUT2D eigenvalue weighted by Gasteiger charge is 2.27. The molecule has 0 atom stereocenters. The van der Waals surface area contributed by atoms with Crippen molar-refractivity contribution in [2.24, 2.45) is 4.99 Å². The van der Waals surface area contributed by atoms with Crippen LogP contribution in [0.4, 0.5) is 5.69 Å². The normalized spacial score (nSPS) is 16.9. The number of esters is 1. The quantitative estimate of drug-likeness (QED) is 0.643. The number of hydrogen-bond acceptors (Lipinski definition) is 6. The van der Waals surface area contributed by atoms with Crippen LogP contribution in [0.1, 0.15) is 22.8 Å². The number of thioether (sulfide) groups is 1. The molecule has 0 aromatic heterocycles. The van der Waals surface area contributed by atoms with Gasteiger partial charge in [-0.25, -0.2) is 9.79 Å². The molecule has 0 radical (unpaired) electrons. The average molecular weight is 382 g/mol. The highest BCUT2D eigenvalue weighted by Crippen LogP contribution is 2.33. The molecular weight excluding hydrogens is 364 g/mol. The van der Waals surface area contributed by atoms with E-state index in [-0.39, 0.29) is 5.91 Å². The van der Waals surface area contributed by atoms with Gasteiger partial charge in [-0.05, 0) is 54.1 Å². The van der Waals surface area contributed by atoms with E-state index in [1.807, 2.05) is 31.2 Å². The minimum Gasteiger partial charge on any atom is -0.497 e. The van der Waals surface area contributed by atoms with E-state index in [2.05, 4.69) is 10.3 Å². The molecule has 0 aliphatic carbocycles. The molecule has 1 heterocycles. The van der Waals surface area contributed by atoms with E-state index in [1.54, 1.807) is 31.4 Å². The van der Waals surface area contributed by atoms with E-state index in [0.717, 1.165) is 16.9 Å². The van der Waals surface area contributed by atoms with Crippen LogP contribution in [0.2, 0.25) is 0 Å². The van der Waals surface area contributed by atoms with Crippen molar-refractivity contribution in [3.05, 3.63) is 64.6 Å². The molecule has 1 fully saturated rings. The van der Waals surface area contributed by atoms with Crippen LogP contribution in [0.15, 0.2) is 58.4 Å². The van der Waals surface area contributed by atoms with Crippen LogP contribution in [0, 0.1) is 0 Å². The summed E-state index contributed by atoms with van der Waals surface area (Å²) in [6.07, 6.45) is 0. The number of amidine groups is 1. The highest BCUT2D eigenvalue weighted by atomic mass is 32.2. The number of aliphatic imine (C=N–C) groups is 1. The lowest BCUT2D eigenvalue weighted by molar-refractivity contribution is -0.115. The fourth-order valence-electron chi connectivity index (χ4n) is 2.56. The number of hydrogen-bond donors (Lipinski definition) is 1. The third-order valence-corrected chi connectivity index (χ3v) is 5.10. The minimum absolute atomic E-state index is 0.220. The number of para-hydroxylation sites is 1. The molecule has 0 bridgehead atoms. The third kappa shape index (κ3) is 4.03. The summed E-state index contributed by atoms with van der Waals surface area (Å²) in [5.41, 5.74) is 2.54. The number of rotatable bonds is 4. The zero-order valence-electron chi connectivity index (χ0n) is 15.1. The van der Waals surface area contributed by atoms with Crippen molar-refractivity contribution in [3.63, 3.8) is 0 Å². The standard InChI is InChI=1S/C20H18N2O4S/c1-12(13-8-10-14(25-2)11-9-13)17-18(23)22-20(27-17)21-16-7-5-4-6-15(16)19(24)26-3/h4-11H,1-3H3,(H,21,22,23)/b17-12-. The number of methoxy groups -OCH3 is 2. The first-order valence-electron chi connectivity index (χ1n) is 8.14. The molecule has 2 aromatic carbocycles. The van der Waals surface area contributed by atoms with E-state index >= 15 is 0 Å². The van der Waals surface area contributed by atoms with Crippen molar-refractivity contribution in [1.82, 2.24) is 5.32 Å². The fourth-order valence-corrected chi connectivity index (χ4v) is 3.45. The molecule has 3 rings (SSSR count). The molecule has 1 saturated heterocycles. The number of nitrogens with zero attached hydrogens (tertiary/aromatic N) is 1. The molecule has 0 saturated carbocycles. The SMILES string of the molecule is COC(=O)c1ccccc1N=C1NC(=O)/C(=C(\C)c2ccc(OC)cc2)S1. The van der Waals surface area contributed by atoms with Crippen molar-refractivity contribution in [1.29, 1.82) is 0 Å². The Morgan fingerprint density at radius 2 is 1.78 bits per heavy atom. The Morgan fingerprint density at radius 3 is 2.44 bits per heavy atom. The number of carbonyl (C=O) groups excluding carboxylic acids is 2. The third-order valence-electron chi connectivity index (χ3n) is 4.02. The first-order chi connectivity index (χ1) is 13.0. The zero-order chi connectivity index (χ0) is 19.4. The molecule has 0 unspecified atom stereocenters. The second-order valence-corrected chi connectivity index (χ2v) is 6.66. The number of benzene rings is 2. The Hall–Kier alpha value is -3.06. The van der Waals surface area contributed by atoms with Crippen LogP contribution in [0.5, 0.6) is 5.75 Å². The Bertz CT molecular complexity index is 949. The Labute approximate surface area is 161 Å². The summed E-state index contributed by atoms with van der Waals surface area (Å²) < 4.78 is 9.94. The highest BCUT2D eigenvalue weighted by molar-refractivity contribution is 8.18. The summed E-state index contributed by atoms with van der Waals surface area (Å²) in [7, 11) is 2.92. The van der Waals surface area contributed by atoms with Gasteiger partial charge in [-0.2, -0.15) is 0 Å². The van der Waals surface area contributed by atoms with Crippen molar-refractivity contribution in [3.8, 4) is 5.75 Å². The maximum absolute atomic E-state index is 12.4. The summed E-state index contributed by atoms with van der Waals surface area (Å²) >= 11 is 1.24. The van der Waals surface area contributed by atoms with Gasteiger partial charge in [-0.15, -0.1) is 0 Å². The number of nitrogens with one attached hydrogen (secondary N) is 1. The van der Waals surface area contributed by atoms with E-state index in [9.17, 15) is 9.59 Å². The van der Waals surface area contributed by atoms with E-state index in [4.69, 9.17) is 9.47 Å². The molecule has 7 heteroatoms. The maximum Gasteiger partial charge on any atom is 0.340 e. The van der Waals surface area contributed by atoms with Gasteiger partial charge in [-0.3, -0.25) is 4.79 Å². The van der Waals surface area contributed by atoms with Gasteiger partial charge < -0.3 is 14.8 Å². The van der Waals surface area contributed by atoms with E-state index < -0.39 is 5.97 Å². The monoisotopic (exact) mass is 382 g/mol. The Morgan fingerprint density at radius 1 is 1.07 bits per heavy atom. The van der Waals surface area contributed by atoms with Gasteiger partial charge in [0, 0.05) is 0 Å². The second-order valence-electron chi connectivity index (χ2n) is 5.66.